The maximum absolute atomic E-state index is 14.5. The first-order chi connectivity index (χ1) is 20.5. The summed E-state index contributed by atoms with van der Waals surface area (Å²) in [4.78, 5) is 14.9. The van der Waals surface area contributed by atoms with E-state index in [-0.39, 0.29) is 5.54 Å². The van der Waals surface area contributed by atoms with Gasteiger partial charge in [0.1, 0.15) is 18.6 Å². The van der Waals surface area contributed by atoms with Gasteiger partial charge in [0.25, 0.3) is 0 Å². The van der Waals surface area contributed by atoms with Gasteiger partial charge in [-0.1, -0.05) is 49.4 Å². The van der Waals surface area contributed by atoms with Crippen LogP contribution in [0.25, 0.3) is 32.8 Å². The Labute approximate surface area is 247 Å². The maximum atomic E-state index is 14.5. The highest BCUT2D eigenvalue weighted by molar-refractivity contribution is 6.03. The molecule has 5 heterocycles. The van der Waals surface area contributed by atoms with Gasteiger partial charge in [-0.3, -0.25) is 4.90 Å². The van der Waals surface area contributed by atoms with Crippen LogP contribution in [0.3, 0.4) is 0 Å². The monoisotopic (exact) mass is 565 g/mol. The lowest BCUT2D eigenvalue weighted by atomic mass is 9.90. The Morgan fingerprint density at radius 3 is 2.62 bits per heavy atom. The van der Waals surface area contributed by atoms with E-state index < -0.39 is 6.17 Å². The Morgan fingerprint density at radius 2 is 1.81 bits per heavy atom. The topological polar surface area (TPSA) is 53.5 Å². The van der Waals surface area contributed by atoms with Crippen LogP contribution in [0.15, 0.2) is 48.5 Å². The summed E-state index contributed by atoms with van der Waals surface area (Å²) in [6.45, 7) is 8.19. The van der Waals surface area contributed by atoms with Crippen molar-refractivity contribution in [2.75, 3.05) is 37.7 Å². The minimum atomic E-state index is -0.781. The molecule has 0 saturated carbocycles. The van der Waals surface area contributed by atoms with Crippen LogP contribution in [0.2, 0.25) is 0 Å². The number of aromatic nitrogens is 2. The molecule has 4 aliphatic heterocycles. The summed E-state index contributed by atoms with van der Waals surface area (Å²) in [5.41, 5.74) is 5.65. The molecule has 4 saturated heterocycles. The van der Waals surface area contributed by atoms with E-state index in [0.717, 1.165) is 61.2 Å². The predicted octanol–water partition coefficient (Wildman–Crippen LogP) is 6.22. The molecule has 0 amide bonds. The van der Waals surface area contributed by atoms with E-state index in [9.17, 15) is 4.39 Å². The van der Waals surface area contributed by atoms with Crippen molar-refractivity contribution >= 4 is 27.5 Å². The number of hydrogen-bond acceptors (Lipinski definition) is 6. The molecule has 4 atom stereocenters. The normalized spacial score (nSPS) is 27.3. The predicted molar refractivity (Wildman–Crippen MR) is 167 cm³/mol. The summed E-state index contributed by atoms with van der Waals surface area (Å²) in [6, 6.07) is 19.1. The molecule has 4 aliphatic rings. The smallest absolute Gasteiger partial charge is 0.319 e. The van der Waals surface area contributed by atoms with Gasteiger partial charge in [-0.05, 0) is 84.7 Å². The molecule has 0 radical (unpaired) electrons. The standard InChI is InChI=1S/C35H40FN5O/c1-3-23-7-4-8-24-9-5-10-29(31(23)24)28-13-14-30-32(22(28)2)38-34(39-33(30)40-19-26-11-12-27(20-40)37-26)42-21-35-15-6-16-41(35)18-25(36)17-35/h4-5,7-10,13-14,25-27,37H,3,6,11-12,15-21H2,1-2H3/t25-,26?,27?,35+/m1/s1. The van der Waals surface area contributed by atoms with Crippen molar-refractivity contribution in [3.05, 3.63) is 59.7 Å². The van der Waals surface area contributed by atoms with E-state index in [2.05, 4.69) is 77.5 Å². The van der Waals surface area contributed by atoms with Crippen LogP contribution in [0.5, 0.6) is 6.01 Å². The molecule has 4 fully saturated rings. The van der Waals surface area contributed by atoms with Gasteiger partial charge in [0.2, 0.25) is 0 Å². The van der Waals surface area contributed by atoms with E-state index in [1.54, 1.807) is 0 Å². The molecular formula is C35H40FN5O. The first-order valence-electron chi connectivity index (χ1n) is 15.9. The second-order valence-corrected chi connectivity index (χ2v) is 13.0. The van der Waals surface area contributed by atoms with Gasteiger partial charge >= 0.3 is 6.01 Å². The van der Waals surface area contributed by atoms with Crippen LogP contribution >= 0.6 is 0 Å². The lowest BCUT2D eigenvalue weighted by molar-refractivity contribution is 0.107. The van der Waals surface area contributed by atoms with Crippen LogP contribution in [-0.4, -0.2) is 71.4 Å². The fourth-order valence-electron chi connectivity index (χ4n) is 8.45. The molecule has 7 heteroatoms. The third-order valence-electron chi connectivity index (χ3n) is 10.5. The molecular weight excluding hydrogens is 525 g/mol. The van der Waals surface area contributed by atoms with Gasteiger partial charge in [0.15, 0.2) is 0 Å². The molecule has 42 heavy (non-hydrogen) atoms. The lowest BCUT2D eigenvalue weighted by Crippen LogP contribution is -2.51. The van der Waals surface area contributed by atoms with Crippen molar-refractivity contribution in [1.82, 2.24) is 20.2 Å². The Morgan fingerprint density at radius 1 is 1.00 bits per heavy atom. The van der Waals surface area contributed by atoms with Crippen molar-refractivity contribution in [1.29, 1.82) is 0 Å². The average Bonchev–Trinajstić information content (AvgIpc) is 3.65. The quantitative estimate of drug-likeness (QED) is 0.300. The summed E-state index contributed by atoms with van der Waals surface area (Å²) >= 11 is 0. The minimum absolute atomic E-state index is 0.234. The molecule has 2 unspecified atom stereocenters. The molecule has 1 aromatic heterocycles. The van der Waals surface area contributed by atoms with E-state index in [0.29, 0.717) is 37.7 Å². The second-order valence-electron chi connectivity index (χ2n) is 13.0. The molecule has 4 aromatic rings. The largest absolute Gasteiger partial charge is 0.461 e. The molecule has 1 N–H and O–H groups in total. The third-order valence-corrected chi connectivity index (χ3v) is 10.5. The number of anilines is 1. The minimum Gasteiger partial charge on any atom is -0.461 e. The van der Waals surface area contributed by atoms with Crippen LogP contribution in [0, 0.1) is 6.92 Å². The molecule has 2 bridgehead atoms. The van der Waals surface area contributed by atoms with Gasteiger partial charge in [-0.15, -0.1) is 0 Å². The lowest BCUT2D eigenvalue weighted by Gasteiger charge is -2.35. The third kappa shape index (κ3) is 4.27. The van der Waals surface area contributed by atoms with Crippen LogP contribution in [-0.2, 0) is 6.42 Å². The number of piperazine rings is 1. The second kappa shape index (κ2) is 10.2. The van der Waals surface area contributed by atoms with Gasteiger partial charge < -0.3 is 15.0 Å². The van der Waals surface area contributed by atoms with E-state index in [1.807, 2.05) is 0 Å². The summed E-state index contributed by atoms with van der Waals surface area (Å²) in [5.74, 6) is 0.964. The zero-order chi connectivity index (χ0) is 28.4. The highest BCUT2D eigenvalue weighted by Gasteiger charge is 2.49. The highest BCUT2D eigenvalue weighted by Crippen LogP contribution is 2.42. The van der Waals surface area contributed by atoms with Crippen LogP contribution in [0.1, 0.15) is 50.2 Å². The van der Waals surface area contributed by atoms with Gasteiger partial charge in [0.05, 0.1) is 11.1 Å². The van der Waals surface area contributed by atoms with E-state index >= 15 is 0 Å². The number of rotatable bonds is 6. The Kier molecular flexibility index (Phi) is 6.38. The van der Waals surface area contributed by atoms with E-state index in [4.69, 9.17) is 14.7 Å². The number of hydrogen-bond donors (Lipinski definition) is 1. The van der Waals surface area contributed by atoms with E-state index in [1.165, 1.54) is 40.3 Å². The van der Waals surface area contributed by atoms with Crippen molar-refractivity contribution in [2.45, 2.75) is 76.2 Å². The fraction of sp³-hybridized carbons (Fsp3) is 0.486. The van der Waals surface area contributed by atoms with Gasteiger partial charge in [-0.2, -0.15) is 9.97 Å². The number of halogens is 1. The van der Waals surface area contributed by atoms with Crippen molar-refractivity contribution in [3.8, 4) is 17.1 Å². The van der Waals surface area contributed by atoms with Crippen LogP contribution in [0.4, 0.5) is 10.2 Å². The number of fused-ring (bicyclic) bond motifs is 5. The number of alkyl halides is 1. The Hall–Kier alpha value is -3.29. The fourth-order valence-corrected chi connectivity index (χ4v) is 8.45. The van der Waals surface area contributed by atoms with Crippen molar-refractivity contribution in [3.63, 3.8) is 0 Å². The summed E-state index contributed by atoms with van der Waals surface area (Å²) < 4.78 is 21.0. The Bertz CT molecular complexity index is 1660. The first-order valence-corrected chi connectivity index (χ1v) is 15.9. The number of ether oxygens (including phenoxy) is 1. The highest BCUT2D eigenvalue weighted by atomic mass is 19.1. The molecule has 3 aromatic carbocycles. The zero-order valence-electron chi connectivity index (χ0n) is 24.7. The zero-order valence-corrected chi connectivity index (χ0v) is 24.7. The molecule has 8 rings (SSSR count). The summed E-state index contributed by atoms with van der Waals surface area (Å²) in [7, 11) is 0. The van der Waals surface area contributed by atoms with Crippen molar-refractivity contribution in [2.24, 2.45) is 0 Å². The number of benzene rings is 3. The molecule has 218 valence electrons. The SMILES string of the molecule is CCc1cccc2cccc(-c3ccc4c(N5CC6CCC(C5)N6)nc(OC[C@@]56CCCN5C[C@H](F)C6)nc4c3C)c12. The maximum Gasteiger partial charge on any atom is 0.319 e. The molecule has 0 aliphatic carbocycles. The Balaban J connectivity index is 1.25. The summed E-state index contributed by atoms with van der Waals surface area (Å²) in [6.07, 6.45) is 5.22. The number of nitrogens with one attached hydrogen (secondary N) is 1. The van der Waals surface area contributed by atoms with Crippen LogP contribution < -0.4 is 15.0 Å². The average molecular weight is 566 g/mol. The number of aryl methyl sites for hydroxylation is 2. The van der Waals surface area contributed by atoms with Gasteiger partial charge in [-0.25, -0.2) is 4.39 Å². The molecule has 6 nitrogen and oxygen atoms in total. The van der Waals surface area contributed by atoms with Gasteiger partial charge in [0, 0.05) is 43.5 Å². The first kappa shape index (κ1) is 26.3. The molecule has 0 spiro atoms. The number of nitrogens with zero attached hydrogens (tertiary/aromatic N) is 4. The van der Waals surface area contributed by atoms with Crippen molar-refractivity contribution < 1.29 is 9.13 Å². The summed E-state index contributed by atoms with van der Waals surface area (Å²) in [5, 5.41) is 7.41.